The molecule has 1 aliphatic rings. The van der Waals surface area contributed by atoms with Gasteiger partial charge in [0.2, 0.25) is 41.4 Å². The van der Waals surface area contributed by atoms with Crippen LogP contribution in [0.15, 0.2) is 17.5 Å². The summed E-state index contributed by atoms with van der Waals surface area (Å²) in [5, 5.41) is 50.6. The van der Waals surface area contributed by atoms with Crippen LogP contribution >= 0.6 is 0 Å². The normalized spacial score (nSPS) is 17.1. The first-order valence-corrected chi connectivity index (χ1v) is 18.4. The summed E-state index contributed by atoms with van der Waals surface area (Å²) >= 11 is 0. The lowest BCUT2D eigenvalue weighted by Gasteiger charge is -2.32. The average molecular weight is 840 g/mol. The van der Waals surface area contributed by atoms with Crippen LogP contribution in [-0.4, -0.2) is 163 Å². The molecule has 328 valence electrons. The quantitative estimate of drug-likeness (QED) is 0.0247. The summed E-state index contributed by atoms with van der Waals surface area (Å²) < 4.78 is 0. The number of carboxylic acids is 2. The first-order chi connectivity index (χ1) is 27.7. The second-order valence-corrected chi connectivity index (χ2v) is 13.6. The first-order valence-electron chi connectivity index (χ1n) is 18.4. The number of carbonyl (C=O) groups excluding carboxylic acids is 7. The number of nitrogens with zero attached hydrogens (tertiary/aromatic N) is 3. The summed E-state index contributed by atoms with van der Waals surface area (Å²) in [7, 11) is 0. The Morgan fingerprint density at radius 1 is 0.898 bits per heavy atom. The SMILES string of the molecule is C[C@@H](O)[C@H](NC(=O)[C@H](Cc1cnc[nH]1)NC(=O)[C@H](CO)NC(=O)[C@@H](N)CC(=O)O)C(=O)N1CCC[C@H]1C(=O)N[C@@H](CCC(N)=O)C(=O)N[C@@H](CCCN=C(N)N)C(=O)O. The van der Waals surface area contributed by atoms with E-state index >= 15 is 0 Å². The van der Waals surface area contributed by atoms with Gasteiger partial charge in [-0.05, 0) is 39.0 Å². The zero-order valence-electron chi connectivity index (χ0n) is 32.2. The van der Waals surface area contributed by atoms with Crippen LogP contribution in [0.2, 0.25) is 0 Å². The van der Waals surface area contributed by atoms with Crippen LogP contribution in [0.25, 0.3) is 0 Å². The molecule has 0 aliphatic carbocycles. The van der Waals surface area contributed by atoms with Gasteiger partial charge in [-0.25, -0.2) is 9.78 Å². The number of hydrogen-bond donors (Lipinski definition) is 14. The molecule has 0 radical (unpaired) electrons. The highest BCUT2D eigenvalue weighted by Crippen LogP contribution is 2.20. The van der Waals surface area contributed by atoms with Gasteiger partial charge in [-0.1, -0.05) is 0 Å². The van der Waals surface area contributed by atoms with E-state index in [0.717, 1.165) is 4.90 Å². The molecular weight excluding hydrogens is 786 g/mol. The highest BCUT2D eigenvalue weighted by atomic mass is 16.4. The lowest BCUT2D eigenvalue weighted by Crippen LogP contribution is -2.62. The molecule has 7 amide bonds. The lowest BCUT2D eigenvalue weighted by atomic mass is 10.1. The molecular formula is C33H53N13O13. The molecule has 1 aromatic heterocycles. The van der Waals surface area contributed by atoms with Crippen LogP contribution in [0.1, 0.15) is 57.6 Å². The van der Waals surface area contributed by atoms with Crippen molar-refractivity contribution in [2.75, 3.05) is 19.7 Å². The summed E-state index contributed by atoms with van der Waals surface area (Å²) in [6, 6.07) is -10.7. The van der Waals surface area contributed by atoms with Gasteiger partial charge in [0.1, 0.15) is 36.3 Å². The van der Waals surface area contributed by atoms with E-state index in [4.69, 9.17) is 28.0 Å². The summed E-state index contributed by atoms with van der Waals surface area (Å²) in [5.74, 6) is -9.82. The predicted octanol–water partition coefficient (Wildman–Crippen LogP) is -7.05. The Balaban J connectivity index is 2.26. The lowest BCUT2D eigenvalue weighted by molar-refractivity contribution is -0.145. The highest BCUT2D eigenvalue weighted by Gasteiger charge is 2.41. The van der Waals surface area contributed by atoms with Gasteiger partial charge >= 0.3 is 11.9 Å². The molecule has 0 spiro atoms. The number of carboxylic acid groups (broad SMARTS) is 2. The molecule has 8 atom stereocenters. The van der Waals surface area contributed by atoms with Crippen molar-refractivity contribution in [3.8, 4) is 0 Å². The van der Waals surface area contributed by atoms with E-state index in [9.17, 15) is 58.5 Å². The molecule has 18 N–H and O–H groups in total. The maximum atomic E-state index is 13.9. The monoisotopic (exact) mass is 839 g/mol. The van der Waals surface area contributed by atoms with Gasteiger partial charge in [0.05, 0.1) is 31.5 Å². The van der Waals surface area contributed by atoms with Crippen molar-refractivity contribution in [3.05, 3.63) is 18.2 Å². The van der Waals surface area contributed by atoms with Crippen molar-refractivity contribution >= 4 is 59.2 Å². The number of carbonyl (C=O) groups is 9. The van der Waals surface area contributed by atoms with Crippen molar-refractivity contribution in [1.82, 2.24) is 41.5 Å². The van der Waals surface area contributed by atoms with Crippen LogP contribution < -0.4 is 49.5 Å². The molecule has 0 aromatic carbocycles. The number of nitrogens with two attached hydrogens (primary N) is 4. The maximum Gasteiger partial charge on any atom is 0.326 e. The number of nitrogens with one attached hydrogen (secondary N) is 6. The number of aliphatic hydroxyl groups excluding tert-OH is 2. The molecule has 1 aromatic rings. The summed E-state index contributed by atoms with van der Waals surface area (Å²) in [6.07, 6.45) is -0.388. The smallest absolute Gasteiger partial charge is 0.326 e. The number of aromatic amines is 1. The summed E-state index contributed by atoms with van der Waals surface area (Å²) in [6.45, 7) is 0.213. The van der Waals surface area contributed by atoms with Gasteiger partial charge in [-0.3, -0.25) is 43.3 Å². The minimum Gasteiger partial charge on any atom is -0.481 e. The number of H-pyrrole nitrogens is 1. The van der Waals surface area contributed by atoms with Crippen LogP contribution in [0.3, 0.4) is 0 Å². The van der Waals surface area contributed by atoms with Crippen LogP contribution in [0.4, 0.5) is 0 Å². The number of aromatic nitrogens is 2. The van der Waals surface area contributed by atoms with E-state index < -0.39 is 115 Å². The zero-order chi connectivity index (χ0) is 44.4. The molecule has 2 rings (SSSR count). The highest BCUT2D eigenvalue weighted by molar-refractivity contribution is 5.98. The van der Waals surface area contributed by atoms with Crippen molar-refractivity contribution in [2.45, 2.75) is 107 Å². The Morgan fingerprint density at radius 2 is 1.53 bits per heavy atom. The Kier molecular flexibility index (Phi) is 19.6. The molecule has 0 unspecified atom stereocenters. The van der Waals surface area contributed by atoms with Crippen LogP contribution in [0.5, 0.6) is 0 Å². The number of aliphatic carboxylic acids is 2. The Labute approximate surface area is 336 Å². The second-order valence-electron chi connectivity index (χ2n) is 13.6. The minimum atomic E-state index is -1.72. The number of aliphatic imine (C=N–C) groups is 1. The second kappa shape index (κ2) is 23.7. The van der Waals surface area contributed by atoms with Crippen LogP contribution in [0, 0.1) is 0 Å². The van der Waals surface area contributed by atoms with Gasteiger partial charge in [-0.2, -0.15) is 0 Å². The molecule has 0 saturated carbocycles. The van der Waals surface area contributed by atoms with Crippen LogP contribution in [-0.2, 0) is 49.6 Å². The number of likely N-dealkylation sites (tertiary alicyclic amines) is 1. The number of primary amides is 1. The number of imidazole rings is 1. The van der Waals surface area contributed by atoms with Crippen molar-refractivity contribution in [1.29, 1.82) is 0 Å². The minimum absolute atomic E-state index is 0.0404. The molecule has 59 heavy (non-hydrogen) atoms. The fraction of sp³-hybridized carbons (Fsp3) is 0.606. The zero-order valence-corrected chi connectivity index (χ0v) is 32.2. The molecule has 26 heteroatoms. The van der Waals surface area contributed by atoms with Gasteiger partial charge < -0.3 is 79.8 Å². The number of aliphatic hydroxyl groups is 2. The third-order valence-corrected chi connectivity index (χ3v) is 8.92. The van der Waals surface area contributed by atoms with Gasteiger partial charge in [0.25, 0.3) is 0 Å². The third kappa shape index (κ3) is 16.2. The number of hydrogen-bond acceptors (Lipinski definition) is 14. The number of rotatable bonds is 25. The van der Waals surface area contributed by atoms with E-state index in [1.165, 1.54) is 19.4 Å². The van der Waals surface area contributed by atoms with Crippen molar-refractivity contribution in [2.24, 2.45) is 27.9 Å². The van der Waals surface area contributed by atoms with Gasteiger partial charge in [0.15, 0.2) is 5.96 Å². The third-order valence-electron chi connectivity index (χ3n) is 8.92. The van der Waals surface area contributed by atoms with E-state index in [1.54, 1.807) is 0 Å². The molecule has 2 heterocycles. The molecule has 0 bridgehead atoms. The topological polar surface area (TPSA) is 443 Å². The number of amides is 7. The number of guanidine groups is 1. The fourth-order valence-electron chi connectivity index (χ4n) is 5.83. The standard InChI is InChI=1S/C33H53N13O13/c1-15(48)25(45-28(54)20(10-16-12-38-14-40-16)43-29(55)21(13-47)44-26(52)17(34)11-24(50)51)31(57)46-9-3-5-22(46)30(56)41-18(6-7-23(35)49)27(53)42-19(32(58)59)4-2-8-39-33(36)37/h12,14-15,17-22,25,47-48H,2-11,13,34H2,1H3,(H2,35,49)(H,38,40)(H,41,56)(H,42,53)(H,43,55)(H,44,52)(H,45,54)(H,50,51)(H,58,59)(H4,36,37,39)/t15-,17+,18+,19+,20+,21+,22+,25+/m1/s1. The summed E-state index contributed by atoms with van der Waals surface area (Å²) in [4.78, 5) is 126. The Bertz CT molecular complexity index is 1690. The predicted molar refractivity (Wildman–Crippen MR) is 202 cm³/mol. The molecule has 1 aliphatic heterocycles. The Hall–Kier alpha value is -6.41. The van der Waals surface area contributed by atoms with E-state index in [2.05, 4.69) is 41.5 Å². The largest absolute Gasteiger partial charge is 0.481 e. The fourth-order valence-corrected chi connectivity index (χ4v) is 5.83. The summed E-state index contributed by atoms with van der Waals surface area (Å²) in [5.41, 5.74) is 21.7. The van der Waals surface area contributed by atoms with Crippen molar-refractivity contribution in [3.63, 3.8) is 0 Å². The van der Waals surface area contributed by atoms with E-state index in [1.807, 2.05) is 0 Å². The Morgan fingerprint density at radius 3 is 2.08 bits per heavy atom. The molecule has 26 nitrogen and oxygen atoms in total. The average Bonchev–Trinajstić information content (AvgIpc) is 3.87. The first kappa shape index (κ1) is 48.7. The molecule has 1 fully saturated rings. The van der Waals surface area contributed by atoms with E-state index in [-0.39, 0.29) is 64.0 Å². The van der Waals surface area contributed by atoms with E-state index in [0.29, 0.717) is 5.69 Å². The van der Waals surface area contributed by atoms with Gasteiger partial charge in [0, 0.05) is 37.8 Å². The van der Waals surface area contributed by atoms with Gasteiger partial charge in [-0.15, -0.1) is 0 Å². The molecule has 1 saturated heterocycles. The van der Waals surface area contributed by atoms with Crippen molar-refractivity contribution < 1.29 is 63.6 Å². The maximum absolute atomic E-state index is 13.9.